The number of halogens is 1. The van der Waals surface area contributed by atoms with Crippen LogP contribution in [-0.4, -0.2) is 47.7 Å². The van der Waals surface area contributed by atoms with Crippen LogP contribution >= 0.6 is 15.9 Å². The van der Waals surface area contributed by atoms with E-state index in [-0.39, 0.29) is 0 Å². The van der Waals surface area contributed by atoms with Crippen molar-refractivity contribution in [3.05, 3.63) is 35.1 Å². The molecule has 6 nitrogen and oxygen atoms in total. The van der Waals surface area contributed by atoms with Crippen LogP contribution < -0.4 is 15.1 Å². The lowest BCUT2D eigenvalue weighted by Gasteiger charge is -2.36. The fraction of sp³-hybridized carbons (Fsp3) is 0.400. The Labute approximate surface area is 138 Å². The van der Waals surface area contributed by atoms with Crippen molar-refractivity contribution < 1.29 is 0 Å². The maximum atomic E-state index is 4.56. The summed E-state index contributed by atoms with van der Waals surface area (Å²) in [7, 11) is 0. The van der Waals surface area contributed by atoms with Gasteiger partial charge in [0.15, 0.2) is 0 Å². The average Bonchev–Trinajstić information content (AvgIpc) is 2.56. The van der Waals surface area contributed by atoms with Gasteiger partial charge in [-0.3, -0.25) is 0 Å². The zero-order valence-electron chi connectivity index (χ0n) is 12.5. The quantitative estimate of drug-likeness (QED) is 0.900. The summed E-state index contributed by atoms with van der Waals surface area (Å²) in [6, 6.07) is 6.05. The summed E-state index contributed by atoms with van der Waals surface area (Å²) in [5, 5.41) is 3.15. The van der Waals surface area contributed by atoms with Gasteiger partial charge in [0.05, 0.1) is 0 Å². The van der Waals surface area contributed by atoms with Crippen molar-refractivity contribution >= 4 is 33.5 Å². The van der Waals surface area contributed by atoms with Crippen molar-refractivity contribution in [1.82, 2.24) is 15.0 Å². The fourth-order valence-corrected chi connectivity index (χ4v) is 2.72. The van der Waals surface area contributed by atoms with Crippen LogP contribution in [0.2, 0.25) is 0 Å². The van der Waals surface area contributed by atoms with Crippen LogP contribution in [0.1, 0.15) is 6.92 Å². The highest BCUT2D eigenvalue weighted by atomic mass is 79.9. The average molecular weight is 363 g/mol. The SMILES string of the molecule is CCNc1nccc(N2CCN(c3ccc(Br)cn3)CC2)n1. The molecule has 7 heteroatoms. The monoisotopic (exact) mass is 362 g/mol. The molecule has 0 amide bonds. The molecule has 1 aliphatic rings. The third-order valence-corrected chi connectivity index (χ3v) is 4.08. The second-order valence-electron chi connectivity index (χ2n) is 5.08. The Bertz CT molecular complexity index is 610. The molecule has 0 bridgehead atoms. The summed E-state index contributed by atoms with van der Waals surface area (Å²) >= 11 is 3.42. The van der Waals surface area contributed by atoms with E-state index in [0.717, 1.165) is 48.8 Å². The smallest absolute Gasteiger partial charge is 0.224 e. The molecule has 116 valence electrons. The Morgan fingerprint density at radius 1 is 1.05 bits per heavy atom. The molecule has 0 aromatic carbocycles. The molecule has 0 saturated carbocycles. The van der Waals surface area contributed by atoms with Gasteiger partial charge in [-0.1, -0.05) is 0 Å². The van der Waals surface area contributed by atoms with Crippen LogP contribution in [0.15, 0.2) is 35.1 Å². The molecule has 0 atom stereocenters. The lowest BCUT2D eigenvalue weighted by molar-refractivity contribution is 0.641. The van der Waals surface area contributed by atoms with E-state index in [4.69, 9.17) is 0 Å². The van der Waals surface area contributed by atoms with Gasteiger partial charge >= 0.3 is 0 Å². The molecule has 1 fully saturated rings. The van der Waals surface area contributed by atoms with Gasteiger partial charge in [-0.15, -0.1) is 0 Å². The highest BCUT2D eigenvalue weighted by Crippen LogP contribution is 2.19. The van der Waals surface area contributed by atoms with Crippen LogP contribution in [0.4, 0.5) is 17.6 Å². The summed E-state index contributed by atoms with van der Waals surface area (Å²) in [6.45, 7) is 6.61. The van der Waals surface area contributed by atoms with Gasteiger partial charge < -0.3 is 15.1 Å². The summed E-state index contributed by atoms with van der Waals surface area (Å²) in [4.78, 5) is 17.8. The molecule has 0 radical (unpaired) electrons. The van der Waals surface area contributed by atoms with Gasteiger partial charge in [0.25, 0.3) is 0 Å². The number of piperazine rings is 1. The number of hydrogen-bond donors (Lipinski definition) is 1. The van der Waals surface area contributed by atoms with E-state index in [2.05, 4.69) is 46.0 Å². The Balaban J connectivity index is 1.64. The molecule has 3 heterocycles. The highest BCUT2D eigenvalue weighted by Gasteiger charge is 2.19. The maximum absolute atomic E-state index is 4.56. The van der Waals surface area contributed by atoms with Crippen molar-refractivity contribution in [2.75, 3.05) is 47.8 Å². The minimum atomic E-state index is 0.692. The number of hydrogen-bond acceptors (Lipinski definition) is 6. The molecule has 2 aromatic heterocycles. The van der Waals surface area contributed by atoms with E-state index in [9.17, 15) is 0 Å². The molecule has 0 spiro atoms. The van der Waals surface area contributed by atoms with Gasteiger partial charge in [-0.05, 0) is 41.1 Å². The molecule has 1 aliphatic heterocycles. The molecule has 2 aromatic rings. The molecular weight excluding hydrogens is 344 g/mol. The topological polar surface area (TPSA) is 57.2 Å². The number of nitrogens with zero attached hydrogens (tertiary/aromatic N) is 5. The molecular formula is C15H19BrN6. The Morgan fingerprint density at radius 3 is 2.41 bits per heavy atom. The Kier molecular flexibility index (Phi) is 4.72. The normalized spacial score (nSPS) is 15.0. The van der Waals surface area contributed by atoms with Gasteiger partial charge in [0.1, 0.15) is 11.6 Å². The first-order chi connectivity index (χ1) is 10.8. The van der Waals surface area contributed by atoms with Crippen molar-refractivity contribution in [2.24, 2.45) is 0 Å². The number of pyridine rings is 1. The predicted molar refractivity (Wildman–Crippen MR) is 92.6 cm³/mol. The first kappa shape index (κ1) is 15.0. The molecule has 1 N–H and O–H groups in total. The molecule has 3 rings (SSSR count). The lowest BCUT2D eigenvalue weighted by atomic mass is 10.3. The van der Waals surface area contributed by atoms with Crippen LogP contribution in [0.5, 0.6) is 0 Å². The van der Waals surface area contributed by atoms with Crippen molar-refractivity contribution in [1.29, 1.82) is 0 Å². The van der Waals surface area contributed by atoms with Gasteiger partial charge in [-0.2, -0.15) is 4.98 Å². The second-order valence-corrected chi connectivity index (χ2v) is 5.99. The van der Waals surface area contributed by atoms with E-state index in [1.807, 2.05) is 37.5 Å². The van der Waals surface area contributed by atoms with Crippen LogP contribution in [0, 0.1) is 0 Å². The van der Waals surface area contributed by atoms with Gasteiger partial charge in [-0.25, -0.2) is 9.97 Å². The van der Waals surface area contributed by atoms with Crippen molar-refractivity contribution in [3.63, 3.8) is 0 Å². The first-order valence-corrected chi connectivity index (χ1v) is 8.24. The van der Waals surface area contributed by atoms with Gasteiger partial charge in [0, 0.05) is 49.6 Å². The van der Waals surface area contributed by atoms with E-state index < -0.39 is 0 Å². The summed E-state index contributed by atoms with van der Waals surface area (Å²) in [5.41, 5.74) is 0. The number of nitrogens with one attached hydrogen (secondary N) is 1. The van der Waals surface area contributed by atoms with E-state index in [0.29, 0.717) is 5.95 Å². The van der Waals surface area contributed by atoms with Crippen LogP contribution in [-0.2, 0) is 0 Å². The standard InChI is InChI=1S/C15H19BrN6/c1-2-17-15-18-6-5-14(20-15)22-9-7-21(8-10-22)13-4-3-12(16)11-19-13/h3-6,11H,2,7-10H2,1H3,(H,17,18,20). The van der Waals surface area contributed by atoms with Crippen LogP contribution in [0.25, 0.3) is 0 Å². The van der Waals surface area contributed by atoms with Crippen LogP contribution in [0.3, 0.4) is 0 Å². The zero-order valence-corrected chi connectivity index (χ0v) is 14.1. The molecule has 22 heavy (non-hydrogen) atoms. The van der Waals surface area contributed by atoms with Gasteiger partial charge in [0.2, 0.25) is 5.95 Å². The first-order valence-electron chi connectivity index (χ1n) is 7.44. The Hall–Kier alpha value is -1.89. The Morgan fingerprint density at radius 2 is 1.77 bits per heavy atom. The third kappa shape index (κ3) is 3.47. The largest absolute Gasteiger partial charge is 0.354 e. The lowest BCUT2D eigenvalue weighted by Crippen LogP contribution is -2.47. The number of anilines is 3. The molecule has 0 unspecified atom stereocenters. The van der Waals surface area contributed by atoms with E-state index >= 15 is 0 Å². The summed E-state index contributed by atoms with van der Waals surface area (Å²) in [6.07, 6.45) is 3.65. The highest BCUT2D eigenvalue weighted by molar-refractivity contribution is 9.10. The number of aromatic nitrogens is 3. The third-order valence-electron chi connectivity index (χ3n) is 3.62. The molecule has 0 aliphatic carbocycles. The van der Waals surface area contributed by atoms with E-state index in [1.165, 1.54) is 0 Å². The summed E-state index contributed by atoms with van der Waals surface area (Å²) in [5.74, 6) is 2.70. The second kappa shape index (κ2) is 6.91. The maximum Gasteiger partial charge on any atom is 0.224 e. The minimum absolute atomic E-state index is 0.692. The summed E-state index contributed by atoms with van der Waals surface area (Å²) < 4.78 is 1.01. The van der Waals surface area contributed by atoms with Crippen molar-refractivity contribution in [3.8, 4) is 0 Å². The fourth-order valence-electron chi connectivity index (χ4n) is 2.49. The minimum Gasteiger partial charge on any atom is -0.354 e. The molecule has 1 saturated heterocycles. The zero-order chi connectivity index (χ0) is 15.4. The van der Waals surface area contributed by atoms with Crippen molar-refractivity contribution in [2.45, 2.75) is 6.92 Å². The number of rotatable bonds is 4. The predicted octanol–water partition coefficient (Wildman–Crippen LogP) is 2.39. The van der Waals surface area contributed by atoms with E-state index in [1.54, 1.807) is 0 Å².